The van der Waals surface area contributed by atoms with Gasteiger partial charge in [-0.1, -0.05) is 24.6 Å². The minimum absolute atomic E-state index is 0.338. The molecule has 118 valence electrons. The van der Waals surface area contributed by atoms with E-state index in [1.54, 1.807) is 0 Å². The molecule has 3 nitrogen and oxygen atoms in total. The smallest absolute Gasteiger partial charge is 0.0642 e. The van der Waals surface area contributed by atoms with Crippen molar-refractivity contribution in [1.82, 2.24) is 5.32 Å². The highest BCUT2D eigenvalue weighted by atomic mass is 35.5. The Morgan fingerprint density at radius 1 is 1.38 bits per heavy atom. The van der Waals surface area contributed by atoms with Gasteiger partial charge in [0.2, 0.25) is 0 Å². The van der Waals surface area contributed by atoms with Crippen LogP contribution in [0, 0.1) is 0 Å². The van der Waals surface area contributed by atoms with Gasteiger partial charge in [0.15, 0.2) is 0 Å². The standard InChI is InChI=1S/C17H27ClN2O/c1-4-9-19-13(2)14-5-6-17(16(18)12-14)20(3)15-7-10-21-11-8-15/h5-6,12-13,15,19H,4,7-11H2,1-3H3. The highest BCUT2D eigenvalue weighted by molar-refractivity contribution is 6.33. The highest BCUT2D eigenvalue weighted by Gasteiger charge is 2.20. The Hall–Kier alpha value is -0.770. The van der Waals surface area contributed by atoms with E-state index >= 15 is 0 Å². The van der Waals surface area contributed by atoms with Gasteiger partial charge >= 0.3 is 0 Å². The summed E-state index contributed by atoms with van der Waals surface area (Å²) in [5.74, 6) is 0. The first-order valence-electron chi connectivity index (χ1n) is 7.97. The third-order valence-corrected chi connectivity index (χ3v) is 4.59. The average Bonchev–Trinajstić information content (AvgIpc) is 2.52. The van der Waals surface area contributed by atoms with Crippen LogP contribution in [0.2, 0.25) is 5.02 Å². The van der Waals surface area contributed by atoms with Gasteiger partial charge in [0, 0.05) is 32.3 Å². The fourth-order valence-electron chi connectivity index (χ4n) is 2.83. The van der Waals surface area contributed by atoms with Gasteiger partial charge in [0.05, 0.1) is 10.7 Å². The van der Waals surface area contributed by atoms with Crippen LogP contribution in [-0.4, -0.2) is 32.8 Å². The maximum absolute atomic E-state index is 6.52. The van der Waals surface area contributed by atoms with Crippen molar-refractivity contribution in [1.29, 1.82) is 0 Å². The Morgan fingerprint density at radius 2 is 2.10 bits per heavy atom. The third kappa shape index (κ3) is 4.35. The molecular weight excluding hydrogens is 284 g/mol. The van der Waals surface area contributed by atoms with Gasteiger partial charge < -0.3 is 15.0 Å². The van der Waals surface area contributed by atoms with Gasteiger partial charge in [-0.2, -0.15) is 0 Å². The second kappa shape index (κ2) is 8.02. The van der Waals surface area contributed by atoms with Crippen LogP contribution in [0.15, 0.2) is 18.2 Å². The normalized spacial score (nSPS) is 17.7. The van der Waals surface area contributed by atoms with E-state index in [0.29, 0.717) is 12.1 Å². The van der Waals surface area contributed by atoms with E-state index in [9.17, 15) is 0 Å². The Bertz CT molecular complexity index is 446. The molecule has 1 unspecified atom stereocenters. The van der Waals surface area contributed by atoms with Gasteiger partial charge in [-0.3, -0.25) is 0 Å². The zero-order chi connectivity index (χ0) is 15.2. The number of nitrogens with one attached hydrogen (secondary N) is 1. The SMILES string of the molecule is CCCNC(C)c1ccc(N(C)C2CCOCC2)c(Cl)c1. The van der Waals surface area contributed by atoms with E-state index in [1.807, 2.05) is 0 Å². The first-order chi connectivity index (χ1) is 10.1. The lowest BCUT2D eigenvalue weighted by Crippen LogP contribution is -2.36. The van der Waals surface area contributed by atoms with Crippen LogP contribution in [0.1, 0.15) is 44.7 Å². The van der Waals surface area contributed by atoms with Crippen molar-refractivity contribution in [3.8, 4) is 0 Å². The van der Waals surface area contributed by atoms with Gasteiger partial charge in [-0.15, -0.1) is 0 Å². The quantitative estimate of drug-likeness (QED) is 0.859. The molecule has 1 atom stereocenters. The zero-order valence-corrected chi connectivity index (χ0v) is 14.1. The molecule has 0 amide bonds. The first-order valence-corrected chi connectivity index (χ1v) is 8.34. The zero-order valence-electron chi connectivity index (χ0n) is 13.4. The highest BCUT2D eigenvalue weighted by Crippen LogP contribution is 2.31. The Kier molecular flexibility index (Phi) is 6.34. The topological polar surface area (TPSA) is 24.5 Å². The van der Waals surface area contributed by atoms with Crippen molar-refractivity contribution in [2.24, 2.45) is 0 Å². The van der Waals surface area contributed by atoms with Gasteiger partial charge in [0.1, 0.15) is 0 Å². The molecule has 0 radical (unpaired) electrons. The largest absolute Gasteiger partial charge is 0.381 e. The van der Waals surface area contributed by atoms with E-state index in [0.717, 1.165) is 49.7 Å². The average molecular weight is 311 g/mol. The van der Waals surface area contributed by atoms with Crippen molar-refractivity contribution in [2.45, 2.75) is 45.2 Å². The molecule has 2 rings (SSSR count). The summed E-state index contributed by atoms with van der Waals surface area (Å²) in [4.78, 5) is 2.30. The maximum atomic E-state index is 6.52. The Labute approximate surface area is 133 Å². The molecule has 21 heavy (non-hydrogen) atoms. The first kappa shape index (κ1) is 16.6. The Morgan fingerprint density at radius 3 is 2.71 bits per heavy atom. The fraction of sp³-hybridized carbons (Fsp3) is 0.647. The predicted molar refractivity (Wildman–Crippen MR) is 90.4 cm³/mol. The summed E-state index contributed by atoms with van der Waals surface area (Å²) in [6, 6.07) is 7.30. The van der Waals surface area contributed by atoms with E-state index < -0.39 is 0 Å². The van der Waals surface area contributed by atoms with E-state index in [4.69, 9.17) is 16.3 Å². The summed E-state index contributed by atoms with van der Waals surface area (Å²) < 4.78 is 5.44. The number of rotatable bonds is 6. The number of nitrogens with zero attached hydrogens (tertiary/aromatic N) is 1. The second-order valence-electron chi connectivity index (χ2n) is 5.84. The lowest BCUT2D eigenvalue weighted by Gasteiger charge is -2.33. The molecule has 0 aliphatic carbocycles. The van der Waals surface area contributed by atoms with Crippen LogP contribution < -0.4 is 10.2 Å². The molecule has 1 fully saturated rings. The van der Waals surface area contributed by atoms with Crippen LogP contribution in [-0.2, 0) is 4.74 Å². The van der Waals surface area contributed by atoms with E-state index in [2.05, 4.69) is 49.3 Å². The number of hydrogen-bond donors (Lipinski definition) is 1. The Balaban J connectivity index is 2.07. The van der Waals surface area contributed by atoms with Crippen molar-refractivity contribution in [3.63, 3.8) is 0 Å². The minimum Gasteiger partial charge on any atom is -0.381 e. The van der Waals surface area contributed by atoms with Crippen LogP contribution in [0.4, 0.5) is 5.69 Å². The van der Waals surface area contributed by atoms with Crippen LogP contribution >= 0.6 is 11.6 Å². The summed E-state index contributed by atoms with van der Waals surface area (Å²) in [7, 11) is 2.13. The maximum Gasteiger partial charge on any atom is 0.0642 e. The monoisotopic (exact) mass is 310 g/mol. The molecule has 0 spiro atoms. The molecule has 1 saturated heterocycles. The van der Waals surface area contributed by atoms with Crippen molar-refractivity contribution >= 4 is 17.3 Å². The van der Waals surface area contributed by atoms with Crippen molar-refractivity contribution in [2.75, 3.05) is 31.7 Å². The molecule has 1 aliphatic rings. The van der Waals surface area contributed by atoms with Crippen molar-refractivity contribution in [3.05, 3.63) is 28.8 Å². The summed E-state index contributed by atoms with van der Waals surface area (Å²) in [6.07, 6.45) is 3.29. The predicted octanol–water partition coefficient (Wildman–Crippen LogP) is 4.02. The van der Waals surface area contributed by atoms with Crippen LogP contribution in [0.3, 0.4) is 0 Å². The molecule has 0 saturated carbocycles. The van der Waals surface area contributed by atoms with Crippen LogP contribution in [0.5, 0.6) is 0 Å². The lowest BCUT2D eigenvalue weighted by molar-refractivity contribution is 0.0855. The molecule has 1 aliphatic heterocycles. The minimum atomic E-state index is 0.338. The number of anilines is 1. The molecule has 1 heterocycles. The van der Waals surface area contributed by atoms with Gasteiger partial charge in [0.25, 0.3) is 0 Å². The third-order valence-electron chi connectivity index (χ3n) is 4.29. The molecule has 0 bridgehead atoms. The molecule has 1 aromatic carbocycles. The number of halogens is 1. The number of ether oxygens (including phenoxy) is 1. The molecule has 0 aromatic heterocycles. The number of benzene rings is 1. The van der Waals surface area contributed by atoms with Gasteiger partial charge in [-0.05, 0) is 50.4 Å². The molecule has 1 aromatic rings. The second-order valence-corrected chi connectivity index (χ2v) is 6.25. The van der Waals surface area contributed by atoms with Crippen LogP contribution in [0.25, 0.3) is 0 Å². The lowest BCUT2D eigenvalue weighted by atomic mass is 10.0. The summed E-state index contributed by atoms with van der Waals surface area (Å²) in [6.45, 7) is 7.09. The summed E-state index contributed by atoms with van der Waals surface area (Å²) >= 11 is 6.52. The van der Waals surface area contributed by atoms with E-state index in [-0.39, 0.29) is 0 Å². The van der Waals surface area contributed by atoms with Crippen molar-refractivity contribution < 1.29 is 4.74 Å². The molecule has 4 heteroatoms. The van der Waals surface area contributed by atoms with Gasteiger partial charge in [-0.25, -0.2) is 0 Å². The summed E-state index contributed by atoms with van der Waals surface area (Å²) in [5, 5.41) is 4.34. The number of hydrogen-bond acceptors (Lipinski definition) is 3. The van der Waals surface area contributed by atoms with E-state index in [1.165, 1.54) is 5.56 Å². The molecular formula is C17H27ClN2O. The fourth-order valence-corrected chi connectivity index (χ4v) is 3.15. The molecule has 1 N–H and O–H groups in total. The summed E-state index contributed by atoms with van der Waals surface area (Å²) in [5.41, 5.74) is 2.37.